The van der Waals surface area contributed by atoms with E-state index in [-0.39, 0.29) is 0 Å². The van der Waals surface area contributed by atoms with Gasteiger partial charge >= 0.3 is 0 Å². The van der Waals surface area contributed by atoms with Crippen molar-refractivity contribution in [3.8, 4) is 0 Å². The number of nitrogens with zero attached hydrogens (tertiary/aromatic N) is 5. The second-order valence-electron chi connectivity index (χ2n) is 7.78. The largest absolute Gasteiger partial charge is 0.331 e. The molecule has 0 aliphatic carbocycles. The molecule has 31 heavy (non-hydrogen) atoms. The third-order valence-electron chi connectivity index (χ3n) is 5.96. The number of aromatic nitrogens is 3. The second kappa shape index (κ2) is 9.25. The van der Waals surface area contributed by atoms with Crippen LogP contribution in [-0.4, -0.2) is 47.3 Å². The van der Waals surface area contributed by atoms with Crippen LogP contribution in [0.3, 0.4) is 0 Å². The number of nitrogens with one attached hydrogen (secondary N) is 1. The highest BCUT2D eigenvalue weighted by molar-refractivity contribution is 5.80. The fourth-order valence-electron chi connectivity index (χ4n) is 4.15. The second-order valence-corrected chi connectivity index (χ2v) is 7.78. The summed E-state index contributed by atoms with van der Waals surface area (Å²) in [5.74, 6) is 1.75. The van der Waals surface area contributed by atoms with Crippen molar-refractivity contribution in [2.24, 2.45) is 12.0 Å². The van der Waals surface area contributed by atoms with Crippen molar-refractivity contribution < 1.29 is 4.79 Å². The van der Waals surface area contributed by atoms with E-state index in [9.17, 15) is 4.79 Å². The molecule has 7 nitrogen and oxygen atoms in total. The van der Waals surface area contributed by atoms with Crippen molar-refractivity contribution in [3.05, 3.63) is 53.5 Å². The van der Waals surface area contributed by atoms with Crippen molar-refractivity contribution in [3.63, 3.8) is 0 Å². The van der Waals surface area contributed by atoms with Gasteiger partial charge in [0.15, 0.2) is 0 Å². The number of aryl methyl sites for hydroxylation is 2. The Morgan fingerprint density at radius 1 is 1.32 bits per heavy atom. The predicted molar refractivity (Wildman–Crippen MR) is 125 cm³/mol. The third kappa shape index (κ3) is 4.29. The standard InChI is InChI=1S/C24H28N6O/c1-4-17-13-19(18-7-10-25-11-8-18)5-6-21(17)29(2)24-14-22-20(15-27-24)28-23(30(22)3)9-12-26-16-31/h5-7,13-15,25H,4,8-12H2,1-3H3. The number of pyridine rings is 1. The summed E-state index contributed by atoms with van der Waals surface area (Å²) in [5, 5.41) is 3.38. The molecule has 1 aromatic carbocycles. The molecule has 3 aromatic rings. The number of fused-ring (bicyclic) bond motifs is 1. The summed E-state index contributed by atoms with van der Waals surface area (Å²) >= 11 is 0. The van der Waals surface area contributed by atoms with E-state index in [0.717, 1.165) is 54.3 Å². The lowest BCUT2D eigenvalue weighted by atomic mass is 9.96. The Balaban J connectivity index is 1.65. The predicted octanol–water partition coefficient (Wildman–Crippen LogP) is 3.55. The maximum Gasteiger partial charge on any atom is 0.234 e. The van der Waals surface area contributed by atoms with Crippen LogP contribution < -0.4 is 10.2 Å². The number of hydrogen-bond donors (Lipinski definition) is 1. The third-order valence-corrected chi connectivity index (χ3v) is 5.96. The maximum absolute atomic E-state index is 10.3. The Bertz CT molecular complexity index is 1170. The van der Waals surface area contributed by atoms with E-state index in [4.69, 9.17) is 0 Å². The minimum absolute atomic E-state index is 0.388. The molecule has 0 saturated heterocycles. The molecule has 0 radical (unpaired) electrons. The van der Waals surface area contributed by atoms with Gasteiger partial charge in [0.2, 0.25) is 6.08 Å². The van der Waals surface area contributed by atoms with E-state index in [1.807, 2.05) is 17.8 Å². The van der Waals surface area contributed by atoms with Crippen LogP contribution in [0.5, 0.6) is 0 Å². The van der Waals surface area contributed by atoms with E-state index in [0.29, 0.717) is 13.0 Å². The molecule has 2 aromatic heterocycles. The number of imidazole rings is 1. The van der Waals surface area contributed by atoms with Gasteiger partial charge in [-0.15, -0.1) is 0 Å². The first kappa shape index (κ1) is 21.0. The first-order chi connectivity index (χ1) is 15.1. The molecule has 1 aliphatic rings. The number of hydrogen-bond acceptors (Lipinski definition) is 6. The average molecular weight is 417 g/mol. The van der Waals surface area contributed by atoms with Crippen LogP contribution in [0.25, 0.3) is 16.6 Å². The first-order valence-electron chi connectivity index (χ1n) is 10.7. The van der Waals surface area contributed by atoms with Crippen LogP contribution >= 0.6 is 0 Å². The van der Waals surface area contributed by atoms with E-state index in [2.05, 4.69) is 69.5 Å². The number of rotatable bonds is 7. The monoisotopic (exact) mass is 416 g/mol. The topological polar surface area (TPSA) is 75.4 Å². The van der Waals surface area contributed by atoms with Crippen LogP contribution in [0.15, 0.2) is 41.5 Å². The van der Waals surface area contributed by atoms with Crippen molar-refractivity contribution >= 4 is 34.2 Å². The van der Waals surface area contributed by atoms with Gasteiger partial charge in [-0.2, -0.15) is 0 Å². The summed E-state index contributed by atoms with van der Waals surface area (Å²) in [4.78, 5) is 25.4. The number of carbonyl (C=O) groups excluding carboxylic acids is 1. The lowest BCUT2D eigenvalue weighted by Gasteiger charge is -2.23. The Kier molecular flexibility index (Phi) is 6.26. The molecular formula is C24H28N6O. The number of aliphatic imine (C=N–C) groups is 1. The quantitative estimate of drug-likeness (QED) is 0.471. The number of benzene rings is 1. The molecule has 160 valence electrons. The number of anilines is 2. The fraction of sp³-hybridized carbons (Fsp3) is 0.375. The van der Waals surface area contributed by atoms with Crippen LogP contribution in [0.1, 0.15) is 30.3 Å². The van der Waals surface area contributed by atoms with Crippen molar-refractivity contribution in [2.45, 2.75) is 26.2 Å². The van der Waals surface area contributed by atoms with Crippen LogP contribution in [0.4, 0.5) is 11.5 Å². The SMILES string of the molecule is CCc1cc(C2=CCNCC2)ccc1N(C)c1cc2c(cn1)nc(CCN=C=O)n2C. The fourth-order valence-corrected chi connectivity index (χ4v) is 4.15. The molecule has 3 heterocycles. The van der Waals surface area contributed by atoms with Gasteiger partial charge in [-0.25, -0.2) is 19.8 Å². The molecule has 0 unspecified atom stereocenters. The zero-order chi connectivity index (χ0) is 21.8. The van der Waals surface area contributed by atoms with Crippen LogP contribution in [0, 0.1) is 0 Å². The molecule has 4 rings (SSSR count). The summed E-state index contributed by atoms with van der Waals surface area (Å²) in [6.45, 7) is 4.56. The summed E-state index contributed by atoms with van der Waals surface area (Å²) in [6.07, 6.45) is 8.30. The Morgan fingerprint density at radius 3 is 2.94 bits per heavy atom. The summed E-state index contributed by atoms with van der Waals surface area (Å²) < 4.78 is 2.04. The number of isocyanates is 1. The van der Waals surface area contributed by atoms with Gasteiger partial charge in [0.05, 0.1) is 18.3 Å². The minimum atomic E-state index is 0.388. The summed E-state index contributed by atoms with van der Waals surface area (Å²) in [6, 6.07) is 8.81. The van der Waals surface area contributed by atoms with E-state index in [1.54, 1.807) is 6.08 Å². The van der Waals surface area contributed by atoms with Crippen molar-refractivity contribution in [1.82, 2.24) is 19.9 Å². The normalized spacial score (nSPS) is 13.7. The minimum Gasteiger partial charge on any atom is -0.331 e. The van der Waals surface area contributed by atoms with Gasteiger partial charge in [-0.3, -0.25) is 0 Å². The van der Waals surface area contributed by atoms with E-state index >= 15 is 0 Å². The molecule has 0 bridgehead atoms. The Morgan fingerprint density at radius 2 is 2.19 bits per heavy atom. The van der Waals surface area contributed by atoms with Gasteiger partial charge < -0.3 is 14.8 Å². The molecule has 0 spiro atoms. The lowest BCUT2D eigenvalue weighted by Crippen LogP contribution is -2.20. The Labute approximate surface area is 182 Å². The maximum atomic E-state index is 10.3. The van der Waals surface area contributed by atoms with Crippen LogP contribution in [0.2, 0.25) is 0 Å². The van der Waals surface area contributed by atoms with Crippen molar-refractivity contribution in [1.29, 1.82) is 0 Å². The van der Waals surface area contributed by atoms with Gasteiger partial charge in [0, 0.05) is 38.8 Å². The molecule has 7 heteroatoms. The molecule has 1 aliphatic heterocycles. The first-order valence-corrected chi connectivity index (χ1v) is 10.7. The summed E-state index contributed by atoms with van der Waals surface area (Å²) in [7, 11) is 4.04. The lowest BCUT2D eigenvalue weighted by molar-refractivity contribution is 0.562. The molecule has 0 amide bonds. The molecule has 0 saturated carbocycles. The van der Waals surface area contributed by atoms with Gasteiger partial charge in [0.25, 0.3) is 0 Å². The summed E-state index contributed by atoms with van der Waals surface area (Å²) in [5.41, 5.74) is 7.05. The molecule has 1 N–H and O–H groups in total. The highest BCUT2D eigenvalue weighted by atomic mass is 16.1. The average Bonchev–Trinajstić information content (AvgIpc) is 3.13. The van der Waals surface area contributed by atoms with Gasteiger partial charge in [0.1, 0.15) is 17.2 Å². The molecule has 0 atom stereocenters. The zero-order valence-corrected chi connectivity index (χ0v) is 18.4. The Hall–Kier alpha value is -3.28. The molecule has 0 fully saturated rings. The van der Waals surface area contributed by atoms with E-state index < -0.39 is 0 Å². The van der Waals surface area contributed by atoms with Gasteiger partial charge in [-0.1, -0.05) is 19.1 Å². The molecular weight excluding hydrogens is 388 g/mol. The smallest absolute Gasteiger partial charge is 0.234 e. The van der Waals surface area contributed by atoms with Crippen LogP contribution in [-0.2, 0) is 24.7 Å². The van der Waals surface area contributed by atoms with Crippen molar-refractivity contribution in [2.75, 3.05) is 31.6 Å². The van der Waals surface area contributed by atoms with E-state index in [1.165, 1.54) is 16.7 Å². The highest BCUT2D eigenvalue weighted by Gasteiger charge is 2.15. The zero-order valence-electron chi connectivity index (χ0n) is 18.4. The van der Waals surface area contributed by atoms with Gasteiger partial charge in [-0.05, 0) is 48.2 Å². The highest BCUT2D eigenvalue weighted by Crippen LogP contribution is 2.31.